The van der Waals surface area contributed by atoms with Crippen molar-refractivity contribution in [3.05, 3.63) is 39.3 Å². The number of hydrazone groups is 1. The van der Waals surface area contributed by atoms with Crippen molar-refractivity contribution in [1.82, 2.24) is 5.01 Å². The van der Waals surface area contributed by atoms with Gasteiger partial charge in [0.15, 0.2) is 11.9 Å². The second-order valence-corrected chi connectivity index (χ2v) is 8.59. The molecule has 0 spiro atoms. The number of imide groups is 1. The van der Waals surface area contributed by atoms with E-state index in [9.17, 15) is 14.4 Å². The van der Waals surface area contributed by atoms with Crippen LogP contribution in [0.1, 0.15) is 18.9 Å². The van der Waals surface area contributed by atoms with Crippen LogP contribution in [0.5, 0.6) is 5.75 Å². The molecular weight excluding hydrogens is 464 g/mol. The molecule has 2 fully saturated rings. The molecule has 1 saturated heterocycles. The number of hydrogen-bond donors (Lipinski definition) is 0. The molecule has 0 aromatic heterocycles. The highest BCUT2D eigenvalue weighted by molar-refractivity contribution is 9.10. The fraction of sp³-hybridized carbons (Fsp3) is 0.400. The summed E-state index contributed by atoms with van der Waals surface area (Å²) in [6, 6.07) is 3.25. The Morgan fingerprint density at radius 3 is 2.45 bits per heavy atom. The van der Waals surface area contributed by atoms with E-state index in [1.54, 1.807) is 19.1 Å². The molecule has 0 radical (unpaired) electrons. The summed E-state index contributed by atoms with van der Waals surface area (Å²) in [7, 11) is 1.27. The molecule has 152 valence electrons. The highest BCUT2D eigenvalue weighted by Crippen LogP contribution is 2.52. The van der Waals surface area contributed by atoms with Crippen molar-refractivity contribution >= 4 is 51.5 Å². The Bertz CT molecular complexity index is 909. The zero-order valence-corrected chi connectivity index (χ0v) is 18.0. The maximum absolute atomic E-state index is 12.7. The maximum Gasteiger partial charge on any atom is 0.346 e. The van der Waals surface area contributed by atoms with Crippen molar-refractivity contribution in [2.24, 2.45) is 28.8 Å². The third-order valence-electron chi connectivity index (χ3n) is 5.62. The molecule has 1 heterocycles. The van der Waals surface area contributed by atoms with Gasteiger partial charge in [0.1, 0.15) is 0 Å². The van der Waals surface area contributed by atoms with E-state index in [0.717, 1.165) is 11.4 Å². The summed E-state index contributed by atoms with van der Waals surface area (Å²) in [6.07, 6.45) is 5.52. The van der Waals surface area contributed by atoms with E-state index in [1.807, 2.05) is 12.2 Å². The van der Waals surface area contributed by atoms with Crippen LogP contribution in [0, 0.1) is 23.7 Å². The average Bonchev–Trinajstić information content (AvgIpc) is 3.36. The summed E-state index contributed by atoms with van der Waals surface area (Å²) < 4.78 is 10.7. The normalized spacial score (nSPS) is 28.3. The second kappa shape index (κ2) is 7.57. The molecule has 1 aromatic rings. The average molecular weight is 482 g/mol. The van der Waals surface area contributed by atoms with Gasteiger partial charge in [-0.25, -0.2) is 4.79 Å². The molecule has 5 atom stereocenters. The van der Waals surface area contributed by atoms with Crippen molar-refractivity contribution in [3.8, 4) is 5.75 Å². The number of fused-ring (bicyclic) bond motifs is 5. The number of rotatable bonds is 5. The minimum absolute atomic E-state index is 0.137. The van der Waals surface area contributed by atoms with E-state index in [1.165, 1.54) is 13.3 Å². The summed E-state index contributed by atoms with van der Waals surface area (Å²) in [4.78, 5) is 36.9. The molecule has 0 unspecified atom stereocenters. The lowest BCUT2D eigenvalue weighted by Gasteiger charge is -2.15. The van der Waals surface area contributed by atoms with Crippen molar-refractivity contribution in [2.75, 3.05) is 7.11 Å². The maximum atomic E-state index is 12.7. The minimum atomic E-state index is -0.837. The smallest absolute Gasteiger partial charge is 0.346 e. The number of hydrogen-bond acceptors (Lipinski definition) is 6. The predicted molar refractivity (Wildman–Crippen MR) is 108 cm³/mol. The number of esters is 1. The van der Waals surface area contributed by atoms with Crippen LogP contribution in [0.4, 0.5) is 0 Å². The number of halogens is 2. The van der Waals surface area contributed by atoms with E-state index in [0.29, 0.717) is 10.0 Å². The van der Waals surface area contributed by atoms with Gasteiger partial charge in [-0.05, 0) is 58.8 Å². The van der Waals surface area contributed by atoms with E-state index in [4.69, 9.17) is 16.3 Å². The molecule has 7 nitrogen and oxygen atoms in total. The zero-order chi connectivity index (χ0) is 20.9. The number of methoxy groups -OCH3 is 1. The Labute approximate surface area is 180 Å². The van der Waals surface area contributed by atoms with Gasteiger partial charge >= 0.3 is 5.97 Å². The predicted octanol–water partition coefficient (Wildman–Crippen LogP) is 3.18. The van der Waals surface area contributed by atoms with Crippen LogP contribution in [0.2, 0.25) is 5.02 Å². The first kappa shape index (κ1) is 20.1. The number of nitrogens with zero attached hydrogens (tertiary/aromatic N) is 2. The quantitative estimate of drug-likeness (QED) is 0.279. The van der Waals surface area contributed by atoms with E-state index in [2.05, 4.69) is 25.8 Å². The molecule has 1 aliphatic heterocycles. The Morgan fingerprint density at radius 1 is 1.28 bits per heavy atom. The van der Waals surface area contributed by atoms with Gasteiger partial charge in [-0.15, -0.1) is 0 Å². The van der Waals surface area contributed by atoms with Gasteiger partial charge in [0.05, 0.1) is 34.7 Å². The molecule has 2 amide bonds. The number of amides is 2. The van der Waals surface area contributed by atoms with Gasteiger partial charge in [-0.2, -0.15) is 10.1 Å². The summed E-state index contributed by atoms with van der Waals surface area (Å²) in [5, 5.41) is 5.36. The Morgan fingerprint density at radius 2 is 1.90 bits per heavy atom. The number of ether oxygens (including phenoxy) is 2. The number of carbonyl (C=O) groups excluding carboxylic acids is 3. The van der Waals surface area contributed by atoms with Gasteiger partial charge in [-0.3, -0.25) is 9.59 Å². The lowest BCUT2D eigenvalue weighted by molar-refractivity contribution is -0.148. The topological polar surface area (TPSA) is 85.3 Å². The molecular formula is C20H18BrClN2O5. The van der Waals surface area contributed by atoms with Gasteiger partial charge < -0.3 is 9.47 Å². The van der Waals surface area contributed by atoms with E-state index < -0.39 is 12.1 Å². The van der Waals surface area contributed by atoms with Gasteiger partial charge in [0.2, 0.25) is 0 Å². The second-order valence-electron chi connectivity index (χ2n) is 7.33. The summed E-state index contributed by atoms with van der Waals surface area (Å²) in [6.45, 7) is 1.55. The fourth-order valence-electron chi connectivity index (χ4n) is 4.28. The lowest BCUT2D eigenvalue weighted by atomic mass is 9.85. The van der Waals surface area contributed by atoms with Crippen molar-refractivity contribution < 1.29 is 23.9 Å². The molecule has 2 bridgehead atoms. The summed E-state index contributed by atoms with van der Waals surface area (Å²) in [5.74, 6) is -1.04. The standard InChI is InChI=1S/C20H18BrClN2O5/c1-9(20(27)28-2)29-17-13(21)5-10(6-14(17)22)8-23-24-18(25)15-11-3-4-12(7-11)16(15)19(24)26/h3-6,8-9,11-12,15-16H,7H2,1-2H3/t9-,11-,12-,15-,16+/m0/s1. The largest absolute Gasteiger partial charge is 0.476 e. The summed E-state index contributed by atoms with van der Waals surface area (Å²) >= 11 is 9.64. The van der Waals surface area contributed by atoms with Gasteiger partial charge in [-0.1, -0.05) is 23.8 Å². The zero-order valence-electron chi connectivity index (χ0n) is 15.7. The van der Waals surface area contributed by atoms with Crippen LogP contribution < -0.4 is 4.74 Å². The third-order valence-corrected chi connectivity index (χ3v) is 6.49. The van der Waals surface area contributed by atoms with Crippen LogP contribution in [0.3, 0.4) is 0 Å². The molecule has 9 heteroatoms. The van der Waals surface area contributed by atoms with E-state index >= 15 is 0 Å². The Kier molecular flexibility index (Phi) is 5.25. The van der Waals surface area contributed by atoms with Gasteiger partial charge in [0.25, 0.3) is 11.8 Å². The van der Waals surface area contributed by atoms with Crippen LogP contribution in [0.15, 0.2) is 33.9 Å². The number of allylic oxidation sites excluding steroid dienone is 2. The van der Waals surface area contributed by atoms with Crippen LogP contribution in [0.25, 0.3) is 0 Å². The molecule has 1 aromatic carbocycles. The fourth-order valence-corrected chi connectivity index (χ4v) is 5.24. The highest BCUT2D eigenvalue weighted by atomic mass is 79.9. The van der Waals surface area contributed by atoms with Crippen molar-refractivity contribution in [1.29, 1.82) is 0 Å². The lowest BCUT2D eigenvalue weighted by Crippen LogP contribution is -2.28. The van der Waals surface area contributed by atoms with Crippen molar-refractivity contribution in [2.45, 2.75) is 19.4 Å². The van der Waals surface area contributed by atoms with Crippen LogP contribution >= 0.6 is 27.5 Å². The molecule has 3 aliphatic rings. The van der Waals surface area contributed by atoms with Crippen LogP contribution in [-0.4, -0.2) is 42.2 Å². The van der Waals surface area contributed by atoms with Crippen LogP contribution in [-0.2, 0) is 19.1 Å². The molecule has 29 heavy (non-hydrogen) atoms. The molecule has 1 saturated carbocycles. The Hall–Kier alpha value is -2.19. The monoisotopic (exact) mass is 480 g/mol. The number of benzene rings is 1. The first-order chi connectivity index (χ1) is 13.8. The first-order valence-corrected chi connectivity index (χ1v) is 10.3. The molecule has 2 aliphatic carbocycles. The highest BCUT2D eigenvalue weighted by Gasteiger charge is 2.59. The third kappa shape index (κ3) is 3.38. The number of carbonyl (C=O) groups is 3. The summed E-state index contributed by atoms with van der Waals surface area (Å²) in [5.41, 5.74) is 0.568. The minimum Gasteiger partial charge on any atom is -0.476 e. The molecule has 0 N–H and O–H groups in total. The Balaban J connectivity index is 1.52. The molecule has 4 rings (SSSR count). The first-order valence-electron chi connectivity index (χ1n) is 9.15. The van der Waals surface area contributed by atoms with E-state index in [-0.39, 0.29) is 46.3 Å². The van der Waals surface area contributed by atoms with Gasteiger partial charge in [0, 0.05) is 0 Å². The SMILES string of the molecule is COC(=O)[C@H](C)Oc1c(Cl)cc(C=NN2C(=O)[C@@H]3[C@H](C2=O)[C@H]2C=C[C@H]3C2)cc1Br. The van der Waals surface area contributed by atoms with Crippen molar-refractivity contribution in [3.63, 3.8) is 0 Å².